The Morgan fingerprint density at radius 1 is 1.16 bits per heavy atom. The number of nitrogens with one attached hydrogen (secondary N) is 1. The van der Waals surface area contributed by atoms with Crippen molar-refractivity contribution in [1.82, 2.24) is 10.2 Å². The molecule has 0 atom stereocenters. The number of hydrogen-bond acceptors (Lipinski definition) is 2. The minimum atomic E-state index is -0.873. The van der Waals surface area contributed by atoms with E-state index in [1.54, 1.807) is 17.0 Å². The Morgan fingerprint density at radius 2 is 1.74 bits per heavy atom. The number of carboxylic acids is 1. The van der Waals surface area contributed by atoms with Gasteiger partial charge >= 0.3 is 12.0 Å². The lowest BCUT2D eigenvalue weighted by molar-refractivity contribution is -0.136. The predicted molar refractivity (Wildman–Crippen MR) is 72.9 cm³/mol. The fourth-order valence-electron chi connectivity index (χ4n) is 1.86. The van der Waals surface area contributed by atoms with Crippen LogP contribution >= 0.6 is 0 Å². The number of carbonyl (C=O) groups excluding carboxylic acids is 1. The molecule has 0 heterocycles. The van der Waals surface area contributed by atoms with Crippen LogP contribution in [-0.4, -0.2) is 35.1 Å². The van der Waals surface area contributed by atoms with Gasteiger partial charge in [0, 0.05) is 19.6 Å². The summed E-state index contributed by atoms with van der Waals surface area (Å²) in [5.74, 6) is -0.873. The Balaban J connectivity index is 2.67. The lowest BCUT2D eigenvalue weighted by atomic mass is 10.0. The van der Waals surface area contributed by atoms with E-state index in [0.29, 0.717) is 19.6 Å². The monoisotopic (exact) mass is 264 g/mol. The summed E-state index contributed by atoms with van der Waals surface area (Å²) in [6, 6.07) is 7.11. The van der Waals surface area contributed by atoms with E-state index < -0.39 is 5.97 Å². The topological polar surface area (TPSA) is 69.6 Å². The number of rotatable bonds is 6. The molecule has 0 unspecified atom stereocenters. The molecule has 104 valence electrons. The van der Waals surface area contributed by atoms with Crippen molar-refractivity contribution < 1.29 is 14.7 Å². The average molecular weight is 264 g/mol. The second-order valence-electron chi connectivity index (χ2n) is 4.17. The van der Waals surface area contributed by atoms with E-state index in [9.17, 15) is 9.59 Å². The molecule has 0 bridgehead atoms. The number of amides is 2. The highest BCUT2D eigenvalue weighted by atomic mass is 16.4. The largest absolute Gasteiger partial charge is 0.481 e. The third-order valence-corrected chi connectivity index (χ3v) is 2.94. The Hall–Kier alpha value is -2.04. The van der Waals surface area contributed by atoms with Crippen molar-refractivity contribution in [3.8, 4) is 0 Å². The van der Waals surface area contributed by atoms with Crippen molar-refractivity contribution in [3.05, 3.63) is 35.4 Å². The van der Waals surface area contributed by atoms with Gasteiger partial charge in [-0.2, -0.15) is 0 Å². The van der Waals surface area contributed by atoms with Gasteiger partial charge in [-0.1, -0.05) is 24.3 Å². The summed E-state index contributed by atoms with van der Waals surface area (Å²) < 4.78 is 0. The first-order chi connectivity index (χ1) is 9.08. The zero-order chi connectivity index (χ0) is 14.3. The zero-order valence-electron chi connectivity index (χ0n) is 11.3. The number of nitrogens with zero attached hydrogens (tertiary/aromatic N) is 1. The van der Waals surface area contributed by atoms with Gasteiger partial charge < -0.3 is 15.3 Å². The van der Waals surface area contributed by atoms with Gasteiger partial charge in [-0.25, -0.2) is 4.79 Å². The number of carbonyl (C=O) groups is 2. The molecule has 1 aromatic rings. The Kier molecular flexibility index (Phi) is 5.85. The van der Waals surface area contributed by atoms with E-state index in [0.717, 1.165) is 11.1 Å². The zero-order valence-corrected chi connectivity index (χ0v) is 11.3. The van der Waals surface area contributed by atoms with Gasteiger partial charge in [0.1, 0.15) is 0 Å². The van der Waals surface area contributed by atoms with Gasteiger partial charge in [-0.05, 0) is 25.0 Å². The van der Waals surface area contributed by atoms with Gasteiger partial charge in [0.05, 0.1) is 6.42 Å². The molecule has 0 radical (unpaired) electrons. The van der Waals surface area contributed by atoms with Crippen LogP contribution < -0.4 is 5.32 Å². The lowest BCUT2D eigenvalue weighted by Gasteiger charge is -2.19. The van der Waals surface area contributed by atoms with Crippen molar-refractivity contribution in [1.29, 1.82) is 0 Å². The highest BCUT2D eigenvalue weighted by molar-refractivity contribution is 5.74. The van der Waals surface area contributed by atoms with Gasteiger partial charge in [0.25, 0.3) is 0 Å². The van der Waals surface area contributed by atoms with Gasteiger partial charge in [0.15, 0.2) is 0 Å². The lowest BCUT2D eigenvalue weighted by Crippen LogP contribution is -2.39. The standard InChI is InChI=1S/C14H20N2O3/c1-3-16(4-2)14(19)15-10-12-8-6-5-7-11(12)9-13(17)18/h5-8H,3-4,9-10H2,1-2H3,(H,15,19)(H,17,18). The maximum absolute atomic E-state index is 11.8. The molecular weight excluding hydrogens is 244 g/mol. The molecular formula is C14H20N2O3. The fraction of sp³-hybridized carbons (Fsp3) is 0.429. The summed E-state index contributed by atoms with van der Waals surface area (Å²) in [7, 11) is 0. The van der Waals surface area contributed by atoms with E-state index in [2.05, 4.69) is 5.32 Å². The Labute approximate surface area is 113 Å². The number of urea groups is 1. The fourth-order valence-corrected chi connectivity index (χ4v) is 1.86. The molecule has 0 aromatic heterocycles. The van der Waals surface area contributed by atoms with Crippen LogP contribution in [0.3, 0.4) is 0 Å². The summed E-state index contributed by atoms with van der Waals surface area (Å²) in [6.45, 7) is 5.49. The van der Waals surface area contributed by atoms with Crippen molar-refractivity contribution in [2.45, 2.75) is 26.8 Å². The molecule has 0 aliphatic heterocycles. The van der Waals surface area contributed by atoms with Crippen LogP contribution in [0.2, 0.25) is 0 Å². The summed E-state index contributed by atoms with van der Waals surface area (Å²) >= 11 is 0. The molecule has 0 fully saturated rings. The van der Waals surface area contributed by atoms with Crippen LogP contribution in [0.25, 0.3) is 0 Å². The van der Waals surface area contributed by atoms with E-state index >= 15 is 0 Å². The third-order valence-electron chi connectivity index (χ3n) is 2.94. The first kappa shape index (κ1) is 15.0. The molecule has 2 N–H and O–H groups in total. The van der Waals surface area contributed by atoms with Crippen molar-refractivity contribution >= 4 is 12.0 Å². The molecule has 5 heteroatoms. The number of carboxylic acid groups (broad SMARTS) is 1. The van der Waals surface area contributed by atoms with Crippen LogP contribution in [0.5, 0.6) is 0 Å². The molecule has 0 aliphatic carbocycles. The van der Waals surface area contributed by atoms with Gasteiger partial charge in [-0.3, -0.25) is 4.79 Å². The highest BCUT2D eigenvalue weighted by Crippen LogP contribution is 2.09. The van der Waals surface area contributed by atoms with Crippen molar-refractivity contribution in [3.63, 3.8) is 0 Å². The van der Waals surface area contributed by atoms with Crippen molar-refractivity contribution in [2.24, 2.45) is 0 Å². The number of aliphatic carboxylic acids is 1. The molecule has 1 rings (SSSR count). The second-order valence-corrected chi connectivity index (χ2v) is 4.17. The molecule has 1 aromatic carbocycles. The summed E-state index contributed by atoms with van der Waals surface area (Å²) in [5, 5.41) is 11.6. The normalized spacial score (nSPS) is 10.0. The SMILES string of the molecule is CCN(CC)C(=O)NCc1ccccc1CC(=O)O. The summed E-state index contributed by atoms with van der Waals surface area (Å²) in [4.78, 5) is 24.3. The molecule has 0 saturated heterocycles. The van der Waals surface area contributed by atoms with E-state index in [4.69, 9.17) is 5.11 Å². The minimum Gasteiger partial charge on any atom is -0.481 e. The Morgan fingerprint density at radius 3 is 2.26 bits per heavy atom. The number of benzene rings is 1. The van der Waals surface area contributed by atoms with Crippen LogP contribution in [0.1, 0.15) is 25.0 Å². The smallest absolute Gasteiger partial charge is 0.317 e. The van der Waals surface area contributed by atoms with Gasteiger partial charge in [0.2, 0.25) is 0 Å². The number of hydrogen-bond donors (Lipinski definition) is 2. The summed E-state index contributed by atoms with van der Waals surface area (Å²) in [6.07, 6.45) is -0.0304. The maximum Gasteiger partial charge on any atom is 0.317 e. The third kappa shape index (κ3) is 4.62. The van der Waals surface area contributed by atoms with Crippen LogP contribution in [0, 0.1) is 0 Å². The quantitative estimate of drug-likeness (QED) is 0.824. The van der Waals surface area contributed by atoms with Crippen LogP contribution in [-0.2, 0) is 17.8 Å². The molecule has 5 nitrogen and oxygen atoms in total. The second kappa shape index (κ2) is 7.41. The molecule has 0 spiro atoms. The first-order valence-electron chi connectivity index (χ1n) is 6.39. The molecule has 0 saturated carbocycles. The minimum absolute atomic E-state index is 0.0304. The average Bonchev–Trinajstić information content (AvgIpc) is 2.38. The predicted octanol–water partition coefficient (Wildman–Crippen LogP) is 1.87. The molecule has 0 aliphatic rings. The van der Waals surface area contributed by atoms with E-state index in [1.807, 2.05) is 26.0 Å². The maximum atomic E-state index is 11.8. The van der Waals surface area contributed by atoms with Crippen LogP contribution in [0.4, 0.5) is 4.79 Å². The van der Waals surface area contributed by atoms with Crippen LogP contribution in [0.15, 0.2) is 24.3 Å². The molecule has 19 heavy (non-hydrogen) atoms. The van der Waals surface area contributed by atoms with E-state index in [1.165, 1.54) is 0 Å². The summed E-state index contributed by atoms with van der Waals surface area (Å²) in [5.41, 5.74) is 1.57. The molecule has 2 amide bonds. The highest BCUT2D eigenvalue weighted by Gasteiger charge is 2.10. The van der Waals surface area contributed by atoms with Gasteiger partial charge in [-0.15, -0.1) is 0 Å². The van der Waals surface area contributed by atoms with Crippen molar-refractivity contribution in [2.75, 3.05) is 13.1 Å². The first-order valence-corrected chi connectivity index (χ1v) is 6.39. The Bertz CT molecular complexity index is 442. The van der Waals surface area contributed by atoms with E-state index in [-0.39, 0.29) is 12.5 Å².